The minimum Gasteiger partial charge on any atom is -0.476 e. The Morgan fingerprint density at radius 3 is 1.97 bits per heavy atom. The predicted octanol–water partition coefficient (Wildman–Crippen LogP) is 5.61. The molecule has 0 amide bonds. The number of esters is 1. The summed E-state index contributed by atoms with van der Waals surface area (Å²) >= 11 is 11.8. The largest absolute Gasteiger partial charge is 0.534 e. The van der Waals surface area contributed by atoms with Gasteiger partial charge in [0.05, 0.1) is 16.7 Å². The van der Waals surface area contributed by atoms with Gasteiger partial charge in [0.2, 0.25) is 0 Å². The van der Waals surface area contributed by atoms with Crippen molar-refractivity contribution in [3.8, 4) is 22.6 Å². The second kappa shape index (κ2) is 9.13. The van der Waals surface area contributed by atoms with Crippen LogP contribution in [0.3, 0.4) is 0 Å². The van der Waals surface area contributed by atoms with E-state index in [9.17, 15) is 26.4 Å². The summed E-state index contributed by atoms with van der Waals surface area (Å²) in [7, 11) is -5.93. The van der Waals surface area contributed by atoms with Crippen LogP contribution in [0, 0.1) is 0 Å². The van der Waals surface area contributed by atoms with E-state index in [4.69, 9.17) is 32.7 Å². The summed E-state index contributed by atoms with van der Waals surface area (Å²) in [5.74, 6) is -1.02. The van der Waals surface area contributed by atoms with Crippen LogP contribution in [-0.2, 0) is 19.6 Å². The van der Waals surface area contributed by atoms with Crippen LogP contribution in [0.25, 0.3) is 11.1 Å². The molecule has 0 spiro atoms. The number of ether oxygens (including phenoxy) is 2. The summed E-state index contributed by atoms with van der Waals surface area (Å²) in [5, 5.41) is -0.863. The molecule has 2 rings (SSSR count). The van der Waals surface area contributed by atoms with Crippen LogP contribution >= 0.6 is 23.2 Å². The molecule has 0 bridgehead atoms. The maximum Gasteiger partial charge on any atom is 0.534 e. The average Bonchev–Trinajstić information content (AvgIpc) is 2.64. The summed E-state index contributed by atoms with van der Waals surface area (Å²) in [5.41, 5.74) is -5.95. The smallest absolute Gasteiger partial charge is 0.476 e. The third kappa shape index (κ3) is 5.96. The Hall–Kier alpha value is -2.17. The van der Waals surface area contributed by atoms with Crippen LogP contribution in [0.4, 0.5) is 13.2 Å². The molecule has 12 heteroatoms. The Kier molecular flexibility index (Phi) is 7.39. The maximum absolute atomic E-state index is 12.5. The molecule has 2 aromatic carbocycles. The van der Waals surface area contributed by atoms with Gasteiger partial charge >= 0.3 is 21.6 Å². The molecule has 2 aromatic rings. The molecule has 6 nitrogen and oxygen atoms in total. The quantitative estimate of drug-likeness (QED) is 0.279. The highest BCUT2D eigenvalue weighted by Crippen LogP contribution is 2.40. The fraction of sp³-hybridized carbons (Fsp3) is 0.316. The van der Waals surface area contributed by atoms with Gasteiger partial charge in [0.1, 0.15) is 5.75 Å². The molecule has 31 heavy (non-hydrogen) atoms. The lowest BCUT2D eigenvalue weighted by Gasteiger charge is -2.24. The number of hydrogen-bond donors (Lipinski definition) is 0. The van der Waals surface area contributed by atoms with Crippen LogP contribution in [0.1, 0.15) is 20.8 Å². The summed E-state index contributed by atoms with van der Waals surface area (Å²) in [6, 6.07) is 8.69. The Morgan fingerprint density at radius 2 is 1.52 bits per heavy atom. The lowest BCUT2D eigenvalue weighted by atomic mass is 10.1. The summed E-state index contributed by atoms with van der Waals surface area (Å²) in [6.45, 7) is 4.97. The third-order valence-corrected chi connectivity index (χ3v) is 5.32. The molecule has 0 saturated carbocycles. The lowest BCUT2D eigenvalue weighted by Crippen LogP contribution is -2.39. The molecule has 0 radical (unpaired) electrons. The SMILES string of the molecule is CCOC(=O)C(C)(C)Oc1ccc(-c2cc(Cl)c(OS(=O)(=O)C(F)(F)F)c(Cl)c2)cc1. The van der Waals surface area contributed by atoms with Gasteiger partial charge in [-0.05, 0) is 56.2 Å². The highest BCUT2D eigenvalue weighted by atomic mass is 35.5. The molecular weight excluding hydrogens is 484 g/mol. The van der Waals surface area contributed by atoms with Crippen molar-refractivity contribution in [2.75, 3.05) is 6.61 Å². The molecule has 0 atom stereocenters. The van der Waals surface area contributed by atoms with E-state index in [0.717, 1.165) is 0 Å². The number of alkyl halides is 3. The van der Waals surface area contributed by atoms with Crippen molar-refractivity contribution in [2.24, 2.45) is 0 Å². The number of rotatable bonds is 7. The van der Waals surface area contributed by atoms with E-state index in [1.165, 1.54) is 12.1 Å². The van der Waals surface area contributed by atoms with Crippen LogP contribution < -0.4 is 8.92 Å². The van der Waals surface area contributed by atoms with Gasteiger partial charge in [-0.1, -0.05) is 35.3 Å². The average molecular weight is 501 g/mol. The zero-order chi connectivity index (χ0) is 23.6. The first-order valence-electron chi connectivity index (χ1n) is 8.64. The van der Waals surface area contributed by atoms with Crippen LogP contribution in [0.15, 0.2) is 36.4 Å². The van der Waals surface area contributed by atoms with Crippen molar-refractivity contribution in [3.05, 3.63) is 46.4 Å². The monoisotopic (exact) mass is 500 g/mol. The highest BCUT2D eigenvalue weighted by molar-refractivity contribution is 7.88. The first kappa shape index (κ1) is 25.1. The lowest BCUT2D eigenvalue weighted by molar-refractivity contribution is -0.158. The second-order valence-electron chi connectivity index (χ2n) is 6.61. The molecule has 0 unspecified atom stereocenters. The molecule has 0 heterocycles. The summed E-state index contributed by atoms with van der Waals surface area (Å²) < 4.78 is 74.7. The van der Waals surface area contributed by atoms with Crippen LogP contribution in [-0.4, -0.2) is 32.1 Å². The molecule has 0 aliphatic rings. The maximum atomic E-state index is 12.5. The van der Waals surface area contributed by atoms with E-state index in [1.807, 2.05) is 0 Å². The van der Waals surface area contributed by atoms with Gasteiger partial charge in [0.15, 0.2) is 11.4 Å². The van der Waals surface area contributed by atoms with Gasteiger partial charge in [0.25, 0.3) is 0 Å². The number of carbonyl (C=O) groups is 1. The first-order valence-corrected chi connectivity index (χ1v) is 10.8. The van der Waals surface area contributed by atoms with Crippen molar-refractivity contribution in [1.82, 2.24) is 0 Å². The zero-order valence-electron chi connectivity index (χ0n) is 16.4. The van der Waals surface area contributed by atoms with Crippen molar-refractivity contribution in [1.29, 1.82) is 0 Å². The van der Waals surface area contributed by atoms with Gasteiger partial charge in [-0.25, -0.2) is 4.79 Å². The predicted molar refractivity (Wildman–Crippen MR) is 109 cm³/mol. The number of hydrogen-bond acceptors (Lipinski definition) is 6. The standard InChI is InChI=1S/C19H17Cl2F3O6S/c1-4-28-17(25)18(2,3)29-13-7-5-11(6-8-13)12-9-14(20)16(15(21)10-12)30-31(26,27)19(22,23)24/h5-10H,4H2,1-3H3. The fourth-order valence-electron chi connectivity index (χ4n) is 2.32. The molecule has 0 fully saturated rings. The van der Waals surface area contributed by atoms with E-state index in [-0.39, 0.29) is 6.61 Å². The normalized spacial score (nSPS) is 12.4. The van der Waals surface area contributed by atoms with Gasteiger partial charge in [-0.15, -0.1) is 0 Å². The van der Waals surface area contributed by atoms with Crippen LogP contribution in [0.2, 0.25) is 10.0 Å². The Labute approximate surface area is 186 Å². The van der Waals surface area contributed by atoms with Crippen molar-refractivity contribution < 1.29 is 40.0 Å². The van der Waals surface area contributed by atoms with E-state index < -0.39 is 43.0 Å². The third-order valence-electron chi connectivity index (χ3n) is 3.80. The second-order valence-corrected chi connectivity index (χ2v) is 8.96. The highest BCUT2D eigenvalue weighted by Gasteiger charge is 2.49. The van der Waals surface area contributed by atoms with Crippen molar-refractivity contribution >= 4 is 39.3 Å². The molecular formula is C19H17Cl2F3O6S. The van der Waals surface area contributed by atoms with Gasteiger partial charge < -0.3 is 13.7 Å². The van der Waals surface area contributed by atoms with E-state index >= 15 is 0 Å². The summed E-state index contributed by atoms with van der Waals surface area (Å²) in [4.78, 5) is 11.9. The van der Waals surface area contributed by atoms with Crippen molar-refractivity contribution in [3.63, 3.8) is 0 Å². The van der Waals surface area contributed by atoms with Gasteiger partial charge in [0, 0.05) is 0 Å². The Morgan fingerprint density at radius 1 is 1.00 bits per heavy atom. The number of benzene rings is 2. The van der Waals surface area contributed by atoms with E-state index in [2.05, 4.69) is 4.18 Å². The molecule has 170 valence electrons. The number of halogens is 5. The first-order chi connectivity index (χ1) is 14.2. The van der Waals surface area contributed by atoms with Gasteiger partial charge in [-0.2, -0.15) is 21.6 Å². The minimum absolute atomic E-state index is 0.204. The fourth-order valence-corrected chi connectivity index (χ4v) is 3.47. The molecule has 0 aromatic heterocycles. The minimum atomic E-state index is -5.93. The Balaban J connectivity index is 2.27. The molecule has 0 saturated heterocycles. The summed E-state index contributed by atoms with van der Waals surface area (Å²) in [6.07, 6.45) is 0. The Bertz CT molecular complexity index is 1040. The topological polar surface area (TPSA) is 78.9 Å². The van der Waals surface area contributed by atoms with Gasteiger partial charge in [-0.3, -0.25) is 0 Å². The molecule has 0 N–H and O–H groups in total. The molecule has 0 aliphatic carbocycles. The van der Waals surface area contributed by atoms with E-state index in [1.54, 1.807) is 45.0 Å². The van der Waals surface area contributed by atoms with E-state index in [0.29, 0.717) is 16.9 Å². The van der Waals surface area contributed by atoms with Crippen LogP contribution in [0.5, 0.6) is 11.5 Å². The zero-order valence-corrected chi connectivity index (χ0v) is 18.7. The molecule has 0 aliphatic heterocycles. The number of carbonyl (C=O) groups excluding carboxylic acids is 1. The van der Waals surface area contributed by atoms with Crippen molar-refractivity contribution in [2.45, 2.75) is 31.9 Å².